The maximum absolute atomic E-state index is 13.1. The molecule has 134 valence electrons. The molecule has 2 atom stereocenters. The van der Waals surface area contributed by atoms with Gasteiger partial charge in [-0.15, -0.1) is 23.7 Å². The molecule has 2 saturated heterocycles. The molecule has 3 heterocycles. The Morgan fingerprint density at radius 1 is 1.24 bits per heavy atom. The van der Waals surface area contributed by atoms with Crippen LogP contribution in [-0.4, -0.2) is 43.6 Å². The van der Waals surface area contributed by atoms with Crippen LogP contribution in [0.3, 0.4) is 0 Å². The molecule has 0 bridgehead atoms. The summed E-state index contributed by atoms with van der Waals surface area (Å²) in [6.07, 6.45) is 0. The molecule has 2 aliphatic heterocycles. The Morgan fingerprint density at radius 2 is 1.92 bits per heavy atom. The lowest BCUT2D eigenvalue weighted by molar-refractivity contribution is 0.0783. The Morgan fingerprint density at radius 3 is 2.56 bits per heavy atom. The van der Waals surface area contributed by atoms with E-state index in [-0.39, 0.29) is 18.3 Å². The number of likely N-dealkylation sites (tertiary alicyclic amines) is 1. The van der Waals surface area contributed by atoms with E-state index in [4.69, 9.17) is 4.74 Å². The van der Waals surface area contributed by atoms with Gasteiger partial charge in [0.2, 0.25) is 0 Å². The van der Waals surface area contributed by atoms with Crippen LogP contribution >= 0.6 is 23.7 Å². The Bertz CT molecular complexity index is 722. The van der Waals surface area contributed by atoms with Crippen LogP contribution in [0.5, 0.6) is 5.75 Å². The van der Waals surface area contributed by atoms with Crippen LogP contribution in [0.15, 0.2) is 36.4 Å². The van der Waals surface area contributed by atoms with E-state index in [1.807, 2.05) is 36.1 Å². The van der Waals surface area contributed by atoms with Crippen LogP contribution in [0.2, 0.25) is 0 Å². The molecular weight excluding hydrogens is 356 g/mol. The van der Waals surface area contributed by atoms with Crippen molar-refractivity contribution in [1.82, 2.24) is 10.2 Å². The Hall–Kier alpha value is -1.56. The van der Waals surface area contributed by atoms with Crippen LogP contribution in [0, 0.1) is 11.8 Å². The summed E-state index contributed by atoms with van der Waals surface area (Å²) in [6.45, 7) is 6.32. The summed E-state index contributed by atoms with van der Waals surface area (Å²) in [4.78, 5) is 16.9. The SMILES string of the molecule is CCOc1cc(-c2ccccc2)sc1C(=O)N1C[C@H]2CNC[C@H]2C1.Cl. The lowest BCUT2D eigenvalue weighted by Gasteiger charge is -2.17. The highest BCUT2D eigenvalue weighted by Gasteiger charge is 2.39. The van der Waals surface area contributed by atoms with Gasteiger partial charge in [0.25, 0.3) is 5.91 Å². The van der Waals surface area contributed by atoms with Gasteiger partial charge in [0.1, 0.15) is 10.6 Å². The van der Waals surface area contributed by atoms with Gasteiger partial charge in [0.05, 0.1) is 6.61 Å². The molecule has 2 fully saturated rings. The fraction of sp³-hybridized carbons (Fsp3) is 0.421. The van der Waals surface area contributed by atoms with Crippen molar-refractivity contribution >= 4 is 29.7 Å². The smallest absolute Gasteiger partial charge is 0.267 e. The maximum atomic E-state index is 13.1. The van der Waals surface area contributed by atoms with E-state index in [0.717, 1.165) is 47.2 Å². The lowest BCUT2D eigenvalue weighted by Crippen LogP contribution is -2.31. The van der Waals surface area contributed by atoms with Crippen molar-refractivity contribution in [1.29, 1.82) is 0 Å². The number of hydrogen-bond acceptors (Lipinski definition) is 4. The van der Waals surface area contributed by atoms with Gasteiger partial charge in [-0.05, 0) is 30.4 Å². The van der Waals surface area contributed by atoms with E-state index in [0.29, 0.717) is 18.4 Å². The van der Waals surface area contributed by atoms with Crippen molar-refractivity contribution in [2.24, 2.45) is 11.8 Å². The third kappa shape index (κ3) is 3.54. The van der Waals surface area contributed by atoms with E-state index < -0.39 is 0 Å². The topological polar surface area (TPSA) is 41.6 Å². The molecule has 4 nitrogen and oxygen atoms in total. The monoisotopic (exact) mass is 378 g/mol. The van der Waals surface area contributed by atoms with Crippen LogP contribution < -0.4 is 10.1 Å². The predicted octanol–water partition coefficient (Wildman–Crippen LogP) is 3.53. The number of amides is 1. The van der Waals surface area contributed by atoms with Crippen LogP contribution in [0.1, 0.15) is 16.6 Å². The molecule has 1 N–H and O–H groups in total. The molecule has 0 radical (unpaired) electrons. The number of hydrogen-bond donors (Lipinski definition) is 1. The average molecular weight is 379 g/mol. The Balaban J connectivity index is 0.00000182. The van der Waals surface area contributed by atoms with Gasteiger partial charge in [0, 0.05) is 31.1 Å². The molecule has 0 aliphatic carbocycles. The number of fused-ring (bicyclic) bond motifs is 1. The number of nitrogens with one attached hydrogen (secondary N) is 1. The number of rotatable bonds is 4. The molecule has 0 spiro atoms. The van der Waals surface area contributed by atoms with Crippen LogP contribution in [-0.2, 0) is 0 Å². The zero-order chi connectivity index (χ0) is 16.5. The molecular formula is C19H23ClN2O2S. The van der Waals surface area contributed by atoms with Gasteiger partial charge in [-0.3, -0.25) is 4.79 Å². The van der Waals surface area contributed by atoms with E-state index >= 15 is 0 Å². The first-order valence-electron chi connectivity index (χ1n) is 8.58. The fourth-order valence-electron chi connectivity index (χ4n) is 3.70. The number of carbonyl (C=O) groups excluding carboxylic acids is 1. The number of benzene rings is 1. The third-order valence-electron chi connectivity index (χ3n) is 4.93. The second kappa shape index (κ2) is 7.77. The van der Waals surface area contributed by atoms with Gasteiger partial charge in [-0.25, -0.2) is 0 Å². The fourth-order valence-corrected chi connectivity index (χ4v) is 4.77. The van der Waals surface area contributed by atoms with Gasteiger partial charge in [-0.2, -0.15) is 0 Å². The standard InChI is InChI=1S/C19H22N2O2S.ClH/c1-2-23-16-8-17(13-6-4-3-5-7-13)24-18(16)19(22)21-11-14-9-20-10-15(14)12-21;/h3-8,14-15,20H,2,9-12H2,1H3;1H/t14-,15+;. The van der Waals surface area contributed by atoms with Gasteiger partial charge >= 0.3 is 0 Å². The summed E-state index contributed by atoms with van der Waals surface area (Å²) in [6, 6.07) is 12.2. The maximum Gasteiger partial charge on any atom is 0.267 e. The zero-order valence-corrected chi connectivity index (χ0v) is 15.9. The highest BCUT2D eigenvalue weighted by atomic mass is 35.5. The van der Waals surface area contributed by atoms with Gasteiger partial charge in [-0.1, -0.05) is 30.3 Å². The Kier molecular flexibility index (Phi) is 5.67. The Labute approximate surface area is 158 Å². The molecule has 1 amide bonds. The second-order valence-electron chi connectivity index (χ2n) is 6.49. The van der Waals surface area contributed by atoms with E-state index in [2.05, 4.69) is 17.4 Å². The quantitative estimate of drug-likeness (QED) is 0.884. The zero-order valence-electron chi connectivity index (χ0n) is 14.2. The highest BCUT2D eigenvalue weighted by Crippen LogP contribution is 2.38. The van der Waals surface area contributed by atoms with Gasteiger partial charge < -0.3 is 15.0 Å². The summed E-state index contributed by atoms with van der Waals surface area (Å²) in [5, 5.41) is 3.42. The van der Waals surface area contributed by atoms with Crippen molar-refractivity contribution in [3.8, 4) is 16.2 Å². The molecule has 25 heavy (non-hydrogen) atoms. The molecule has 1 aromatic carbocycles. The molecule has 2 aromatic rings. The van der Waals surface area contributed by atoms with E-state index in [1.54, 1.807) is 11.3 Å². The van der Waals surface area contributed by atoms with Gasteiger partial charge in [0.15, 0.2) is 0 Å². The third-order valence-corrected chi connectivity index (χ3v) is 6.08. The number of halogens is 1. The summed E-state index contributed by atoms with van der Waals surface area (Å²) < 4.78 is 5.76. The molecule has 2 aliphatic rings. The highest BCUT2D eigenvalue weighted by molar-refractivity contribution is 7.17. The second-order valence-corrected chi connectivity index (χ2v) is 7.54. The molecule has 6 heteroatoms. The predicted molar refractivity (Wildman–Crippen MR) is 104 cm³/mol. The number of ether oxygens (including phenoxy) is 1. The number of nitrogens with zero attached hydrogens (tertiary/aromatic N) is 1. The van der Waals surface area contributed by atoms with Crippen molar-refractivity contribution < 1.29 is 9.53 Å². The van der Waals surface area contributed by atoms with Crippen LogP contribution in [0.4, 0.5) is 0 Å². The minimum Gasteiger partial charge on any atom is -0.492 e. The van der Waals surface area contributed by atoms with E-state index in [1.165, 1.54) is 0 Å². The van der Waals surface area contributed by atoms with Crippen LogP contribution in [0.25, 0.3) is 10.4 Å². The first-order valence-corrected chi connectivity index (χ1v) is 9.40. The lowest BCUT2D eigenvalue weighted by atomic mass is 10.0. The normalized spacial score (nSPS) is 21.7. The molecule has 1 aromatic heterocycles. The number of thiophene rings is 1. The largest absolute Gasteiger partial charge is 0.492 e. The molecule has 0 saturated carbocycles. The minimum absolute atomic E-state index is 0. The average Bonchev–Trinajstić information content (AvgIpc) is 3.29. The minimum atomic E-state index is 0. The summed E-state index contributed by atoms with van der Waals surface area (Å²) in [5.41, 5.74) is 1.13. The number of carbonyl (C=O) groups is 1. The van der Waals surface area contributed by atoms with Crippen molar-refractivity contribution in [3.05, 3.63) is 41.3 Å². The van der Waals surface area contributed by atoms with Crippen molar-refractivity contribution in [3.63, 3.8) is 0 Å². The summed E-state index contributed by atoms with van der Waals surface area (Å²) in [7, 11) is 0. The van der Waals surface area contributed by atoms with Crippen molar-refractivity contribution in [2.45, 2.75) is 6.92 Å². The molecule has 4 rings (SSSR count). The summed E-state index contributed by atoms with van der Waals surface area (Å²) in [5.74, 6) is 2.07. The summed E-state index contributed by atoms with van der Waals surface area (Å²) >= 11 is 1.54. The first-order chi connectivity index (χ1) is 11.8. The van der Waals surface area contributed by atoms with E-state index in [9.17, 15) is 4.79 Å². The molecule has 0 unspecified atom stereocenters. The first kappa shape index (κ1) is 18.2. The van der Waals surface area contributed by atoms with Crippen molar-refractivity contribution in [2.75, 3.05) is 32.8 Å².